The number of carbonyl (C=O) groups is 1. The van der Waals surface area contributed by atoms with Gasteiger partial charge in [-0.05, 0) is 39.8 Å². The molecule has 0 atom stereocenters. The minimum atomic E-state index is -0.432. The summed E-state index contributed by atoms with van der Waals surface area (Å²) < 4.78 is 4.81. The van der Waals surface area contributed by atoms with Crippen molar-refractivity contribution in [2.45, 2.75) is 39.8 Å². The number of carbonyl (C=O) groups excluding carboxylic acids is 1. The molecule has 0 aliphatic rings. The zero-order chi connectivity index (χ0) is 18.4. The molecule has 0 bridgehead atoms. The van der Waals surface area contributed by atoms with Crippen LogP contribution in [0.5, 0.6) is 0 Å². The molecule has 25 heavy (non-hydrogen) atoms. The third-order valence-corrected chi connectivity index (χ3v) is 3.05. The number of hydrogen-bond acceptors (Lipinski definition) is 8. The van der Waals surface area contributed by atoms with Crippen molar-refractivity contribution in [3.05, 3.63) is 29.8 Å². The van der Waals surface area contributed by atoms with Crippen molar-refractivity contribution in [3.63, 3.8) is 0 Å². The summed E-state index contributed by atoms with van der Waals surface area (Å²) in [5, 5.41) is 9.39. The lowest BCUT2D eigenvalue weighted by Gasteiger charge is -2.15. The van der Waals surface area contributed by atoms with Crippen molar-refractivity contribution >= 4 is 29.5 Å². The van der Waals surface area contributed by atoms with E-state index in [1.807, 2.05) is 33.8 Å². The molecule has 8 nitrogen and oxygen atoms in total. The number of para-hydroxylation sites is 1. The highest BCUT2D eigenvalue weighted by Crippen LogP contribution is 2.21. The molecular formula is C17H24N6O2. The number of methoxy groups -OCH3 is 1. The van der Waals surface area contributed by atoms with Crippen LogP contribution in [0.1, 0.15) is 38.1 Å². The lowest BCUT2D eigenvalue weighted by atomic mass is 10.2. The first kappa shape index (κ1) is 18.4. The third kappa shape index (κ3) is 5.30. The Balaban J connectivity index is 2.36. The van der Waals surface area contributed by atoms with Crippen LogP contribution in [-0.4, -0.2) is 40.1 Å². The van der Waals surface area contributed by atoms with Crippen LogP contribution in [0, 0.1) is 0 Å². The molecule has 1 aromatic carbocycles. The van der Waals surface area contributed by atoms with Crippen molar-refractivity contribution in [2.75, 3.05) is 23.1 Å². The number of anilines is 4. The monoisotopic (exact) mass is 344 g/mol. The van der Waals surface area contributed by atoms with E-state index in [0.717, 1.165) is 0 Å². The molecule has 1 aromatic heterocycles. The Labute approximate surface area is 147 Å². The largest absolute Gasteiger partial charge is 0.465 e. The Morgan fingerprint density at radius 2 is 1.44 bits per heavy atom. The molecule has 0 unspecified atom stereocenters. The first-order valence-corrected chi connectivity index (χ1v) is 8.12. The van der Waals surface area contributed by atoms with E-state index in [0.29, 0.717) is 29.1 Å². The lowest BCUT2D eigenvalue weighted by Crippen LogP contribution is -2.18. The van der Waals surface area contributed by atoms with E-state index in [-0.39, 0.29) is 12.1 Å². The van der Waals surface area contributed by atoms with Crippen LogP contribution in [0.2, 0.25) is 0 Å². The zero-order valence-electron chi connectivity index (χ0n) is 15.1. The minimum absolute atomic E-state index is 0.171. The molecule has 3 N–H and O–H groups in total. The van der Waals surface area contributed by atoms with Gasteiger partial charge < -0.3 is 20.7 Å². The van der Waals surface area contributed by atoms with Crippen LogP contribution in [0.4, 0.5) is 23.5 Å². The maximum Gasteiger partial charge on any atom is 0.339 e. The molecule has 0 aliphatic heterocycles. The molecule has 0 fully saturated rings. The van der Waals surface area contributed by atoms with Gasteiger partial charge in [-0.25, -0.2) is 4.79 Å². The lowest BCUT2D eigenvalue weighted by molar-refractivity contribution is 0.0602. The van der Waals surface area contributed by atoms with Gasteiger partial charge in [0.05, 0.1) is 18.4 Å². The molecule has 2 aromatic rings. The first-order valence-electron chi connectivity index (χ1n) is 8.12. The zero-order valence-corrected chi connectivity index (χ0v) is 15.1. The number of benzene rings is 1. The standard InChI is InChI=1S/C17H24N6O2/c1-10(2)18-15-21-16(19-11(3)4)23-17(22-15)20-13-9-7-6-8-12(13)14(24)25-5/h6-11H,1-5H3,(H3,18,19,20,21,22,23). The number of esters is 1. The van der Waals surface area contributed by atoms with Gasteiger partial charge in [0.15, 0.2) is 0 Å². The Morgan fingerprint density at radius 1 is 0.920 bits per heavy atom. The van der Waals surface area contributed by atoms with E-state index in [4.69, 9.17) is 4.74 Å². The molecule has 0 saturated heterocycles. The topological polar surface area (TPSA) is 101 Å². The van der Waals surface area contributed by atoms with Crippen LogP contribution in [0.15, 0.2) is 24.3 Å². The average Bonchev–Trinajstić information content (AvgIpc) is 2.53. The number of nitrogens with zero attached hydrogens (tertiary/aromatic N) is 3. The molecule has 0 aliphatic carbocycles. The minimum Gasteiger partial charge on any atom is -0.465 e. The summed E-state index contributed by atoms with van der Waals surface area (Å²) in [5.41, 5.74) is 0.966. The second-order valence-corrected chi connectivity index (χ2v) is 6.07. The fourth-order valence-electron chi connectivity index (χ4n) is 2.08. The van der Waals surface area contributed by atoms with Gasteiger partial charge in [-0.3, -0.25) is 0 Å². The third-order valence-electron chi connectivity index (χ3n) is 3.05. The smallest absolute Gasteiger partial charge is 0.339 e. The Hall–Kier alpha value is -2.90. The van der Waals surface area contributed by atoms with Gasteiger partial charge in [-0.15, -0.1) is 0 Å². The quantitative estimate of drug-likeness (QED) is 0.659. The molecule has 0 amide bonds. The Bertz CT molecular complexity index is 705. The first-order chi connectivity index (χ1) is 11.9. The highest BCUT2D eigenvalue weighted by Gasteiger charge is 2.14. The van der Waals surface area contributed by atoms with Gasteiger partial charge in [-0.1, -0.05) is 12.1 Å². The van der Waals surface area contributed by atoms with Crippen LogP contribution in [0.3, 0.4) is 0 Å². The van der Waals surface area contributed by atoms with Gasteiger partial charge in [0, 0.05) is 12.1 Å². The van der Waals surface area contributed by atoms with Gasteiger partial charge in [-0.2, -0.15) is 15.0 Å². The van der Waals surface area contributed by atoms with Crippen molar-refractivity contribution in [1.29, 1.82) is 0 Å². The average molecular weight is 344 g/mol. The Kier molecular flexibility index (Phi) is 6.10. The predicted octanol–water partition coefficient (Wildman–Crippen LogP) is 3.04. The number of ether oxygens (including phenoxy) is 1. The summed E-state index contributed by atoms with van der Waals surface area (Å²) in [6.07, 6.45) is 0. The number of rotatable bonds is 7. The summed E-state index contributed by atoms with van der Waals surface area (Å²) in [6, 6.07) is 7.37. The van der Waals surface area contributed by atoms with Crippen LogP contribution >= 0.6 is 0 Å². The number of aromatic nitrogens is 3. The maximum atomic E-state index is 11.9. The van der Waals surface area contributed by atoms with Crippen molar-refractivity contribution in [2.24, 2.45) is 0 Å². The van der Waals surface area contributed by atoms with E-state index in [1.54, 1.807) is 18.2 Å². The second-order valence-electron chi connectivity index (χ2n) is 6.07. The highest BCUT2D eigenvalue weighted by atomic mass is 16.5. The van der Waals surface area contributed by atoms with Crippen molar-refractivity contribution < 1.29 is 9.53 Å². The van der Waals surface area contributed by atoms with E-state index in [1.165, 1.54) is 7.11 Å². The molecule has 134 valence electrons. The normalized spacial score (nSPS) is 10.7. The summed E-state index contributed by atoms with van der Waals surface area (Å²) in [6.45, 7) is 8.00. The van der Waals surface area contributed by atoms with Crippen LogP contribution in [0.25, 0.3) is 0 Å². The fraction of sp³-hybridized carbons (Fsp3) is 0.412. The molecule has 0 spiro atoms. The maximum absolute atomic E-state index is 11.9. The van der Waals surface area contributed by atoms with E-state index in [2.05, 4.69) is 30.9 Å². The summed E-state index contributed by atoms with van der Waals surface area (Å²) in [4.78, 5) is 25.0. The SMILES string of the molecule is COC(=O)c1ccccc1Nc1nc(NC(C)C)nc(NC(C)C)n1. The van der Waals surface area contributed by atoms with Crippen LogP contribution < -0.4 is 16.0 Å². The van der Waals surface area contributed by atoms with Gasteiger partial charge in [0.25, 0.3) is 0 Å². The van der Waals surface area contributed by atoms with Gasteiger partial charge in [0.2, 0.25) is 17.8 Å². The van der Waals surface area contributed by atoms with E-state index >= 15 is 0 Å². The van der Waals surface area contributed by atoms with Gasteiger partial charge >= 0.3 is 5.97 Å². The predicted molar refractivity (Wildman–Crippen MR) is 98.4 cm³/mol. The molecule has 0 radical (unpaired) electrons. The number of hydrogen-bond donors (Lipinski definition) is 3. The molecule has 1 heterocycles. The molecule has 8 heteroatoms. The van der Waals surface area contributed by atoms with Gasteiger partial charge in [0.1, 0.15) is 0 Å². The fourth-order valence-corrected chi connectivity index (χ4v) is 2.08. The highest BCUT2D eigenvalue weighted by molar-refractivity contribution is 5.96. The molecular weight excluding hydrogens is 320 g/mol. The molecule has 0 saturated carbocycles. The summed E-state index contributed by atoms with van der Waals surface area (Å²) in [5.74, 6) is 0.799. The van der Waals surface area contributed by atoms with Crippen molar-refractivity contribution in [3.8, 4) is 0 Å². The number of nitrogens with one attached hydrogen (secondary N) is 3. The summed E-state index contributed by atoms with van der Waals surface area (Å²) >= 11 is 0. The van der Waals surface area contributed by atoms with E-state index in [9.17, 15) is 4.79 Å². The Morgan fingerprint density at radius 3 is 1.96 bits per heavy atom. The van der Waals surface area contributed by atoms with Crippen LogP contribution in [-0.2, 0) is 4.74 Å². The second kappa shape index (κ2) is 8.27. The van der Waals surface area contributed by atoms with Crippen molar-refractivity contribution in [1.82, 2.24) is 15.0 Å². The summed E-state index contributed by atoms with van der Waals surface area (Å²) in [7, 11) is 1.34. The van der Waals surface area contributed by atoms with E-state index < -0.39 is 5.97 Å². The molecule has 2 rings (SSSR count).